The van der Waals surface area contributed by atoms with Crippen LogP contribution in [0, 0.1) is 0 Å². The molecule has 2 aliphatic rings. The molecule has 1 N–H and O–H groups in total. The number of fused-ring (bicyclic) bond motifs is 1. The van der Waals surface area contributed by atoms with Crippen molar-refractivity contribution in [2.75, 3.05) is 46.1 Å². The van der Waals surface area contributed by atoms with Gasteiger partial charge in [-0.15, -0.1) is 0 Å². The minimum absolute atomic E-state index is 0.0989. The molecular formula is C30H31ClF3N3O4. The van der Waals surface area contributed by atoms with Crippen LogP contribution in [0.4, 0.5) is 18.0 Å². The molecule has 0 radical (unpaired) electrons. The van der Waals surface area contributed by atoms with E-state index in [-0.39, 0.29) is 25.5 Å². The summed E-state index contributed by atoms with van der Waals surface area (Å²) >= 11 is 6.07. The van der Waals surface area contributed by atoms with Gasteiger partial charge in [0.25, 0.3) is 0 Å². The van der Waals surface area contributed by atoms with E-state index in [4.69, 9.17) is 25.8 Å². The van der Waals surface area contributed by atoms with Crippen molar-refractivity contribution in [3.8, 4) is 11.5 Å². The number of urea groups is 1. The van der Waals surface area contributed by atoms with E-state index < -0.39 is 11.7 Å². The van der Waals surface area contributed by atoms with Gasteiger partial charge in [0, 0.05) is 44.3 Å². The fraction of sp³-hybridized carbons (Fsp3) is 0.367. The van der Waals surface area contributed by atoms with Crippen molar-refractivity contribution < 1.29 is 32.2 Å². The van der Waals surface area contributed by atoms with Crippen LogP contribution < -0.4 is 14.8 Å². The maximum atomic E-state index is 12.9. The molecule has 2 amide bonds. The smallest absolute Gasteiger partial charge is 0.416 e. The van der Waals surface area contributed by atoms with E-state index in [1.165, 1.54) is 12.1 Å². The van der Waals surface area contributed by atoms with E-state index in [9.17, 15) is 18.0 Å². The standard InChI is InChI=1S/C30H31ClF3N3O4/c31-25-8-4-23(5-9-25)28(39-19-22-1-6-24(7-2-22)30(32,33)34)18-36-13-15-37(16-14-36)29(38)35-12-11-21-3-10-26-27(17-21)41-20-40-26/h1-10,17,28H,11-16,18-20H2,(H,35,38)/t28-/m0/s1. The monoisotopic (exact) mass is 589 g/mol. The summed E-state index contributed by atoms with van der Waals surface area (Å²) in [7, 11) is 0. The summed E-state index contributed by atoms with van der Waals surface area (Å²) in [5.74, 6) is 1.46. The molecule has 3 aromatic rings. The highest BCUT2D eigenvalue weighted by Crippen LogP contribution is 2.33. The van der Waals surface area contributed by atoms with Gasteiger partial charge >= 0.3 is 12.2 Å². The largest absolute Gasteiger partial charge is 0.454 e. The lowest BCUT2D eigenvalue weighted by atomic mass is 10.1. The zero-order valence-electron chi connectivity index (χ0n) is 22.3. The minimum atomic E-state index is -4.38. The van der Waals surface area contributed by atoms with E-state index in [0.717, 1.165) is 34.8 Å². The van der Waals surface area contributed by atoms with Crippen molar-refractivity contribution in [1.29, 1.82) is 0 Å². The number of nitrogens with one attached hydrogen (secondary N) is 1. The van der Waals surface area contributed by atoms with E-state index in [1.54, 1.807) is 17.0 Å². The molecule has 2 aliphatic heterocycles. The summed E-state index contributed by atoms with van der Waals surface area (Å²) in [6.45, 7) is 3.96. The van der Waals surface area contributed by atoms with E-state index >= 15 is 0 Å². The van der Waals surface area contributed by atoms with Crippen molar-refractivity contribution in [2.24, 2.45) is 0 Å². The summed E-state index contributed by atoms with van der Waals surface area (Å²) in [5.41, 5.74) is 1.94. The highest BCUT2D eigenvalue weighted by Gasteiger charge is 2.30. The molecule has 218 valence electrons. The number of hydrogen-bond donors (Lipinski definition) is 1. The Kier molecular flexibility index (Phi) is 9.22. The molecule has 2 heterocycles. The Labute approximate surface area is 241 Å². The SMILES string of the molecule is O=C(NCCc1ccc2c(c1)OCO2)N1CCN(C[C@H](OCc2ccc(C(F)(F)F)cc2)c2ccc(Cl)cc2)CC1. The van der Waals surface area contributed by atoms with Gasteiger partial charge in [0.1, 0.15) is 0 Å². The topological polar surface area (TPSA) is 63.3 Å². The molecule has 0 unspecified atom stereocenters. The zero-order chi connectivity index (χ0) is 28.8. The molecule has 1 fully saturated rings. The van der Waals surface area contributed by atoms with Crippen molar-refractivity contribution in [3.05, 3.63) is 94.0 Å². The van der Waals surface area contributed by atoms with Crippen LogP contribution in [0.25, 0.3) is 0 Å². The number of benzene rings is 3. The second-order valence-electron chi connectivity index (χ2n) is 10.0. The summed E-state index contributed by atoms with van der Waals surface area (Å²) in [6.07, 6.45) is -4.02. The number of hydrogen-bond acceptors (Lipinski definition) is 5. The second kappa shape index (κ2) is 13.0. The highest BCUT2D eigenvalue weighted by molar-refractivity contribution is 6.30. The third-order valence-electron chi connectivity index (χ3n) is 7.18. The van der Waals surface area contributed by atoms with Gasteiger partial charge in [-0.3, -0.25) is 4.90 Å². The molecule has 0 aromatic heterocycles. The van der Waals surface area contributed by atoms with E-state index in [0.29, 0.717) is 56.3 Å². The maximum Gasteiger partial charge on any atom is 0.416 e. The molecular weight excluding hydrogens is 559 g/mol. The molecule has 7 nitrogen and oxygen atoms in total. The summed E-state index contributed by atoms with van der Waals surface area (Å²) in [6, 6.07) is 18.0. The molecule has 41 heavy (non-hydrogen) atoms. The Morgan fingerprint density at radius 1 is 0.927 bits per heavy atom. The summed E-state index contributed by atoms with van der Waals surface area (Å²) in [4.78, 5) is 16.8. The van der Waals surface area contributed by atoms with Crippen molar-refractivity contribution in [3.63, 3.8) is 0 Å². The predicted molar refractivity (Wildman–Crippen MR) is 148 cm³/mol. The van der Waals surface area contributed by atoms with Crippen molar-refractivity contribution in [2.45, 2.75) is 25.3 Å². The van der Waals surface area contributed by atoms with Gasteiger partial charge in [0.2, 0.25) is 6.79 Å². The fourth-order valence-corrected chi connectivity index (χ4v) is 4.93. The van der Waals surface area contributed by atoms with Crippen molar-refractivity contribution >= 4 is 17.6 Å². The van der Waals surface area contributed by atoms with Gasteiger partial charge in [-0.05, 0) is 59.5 Å². The van der Waals surface area contributed by atoms with Crippen LogP contribution in [-0.4, -0.2) is 61.9 Å². The van der Waals surface area contributed by atoms with Crippen LogP contribution in [0.1, 0.15) is 28.4 Å². The first-order chi connectivity index (χ1) is 19.7. The number of carbonyl (C=O) groups is 1. The van der Waals surface area contributed by atoms with Gasteiger partial charge in [0.05, 0.1) is 18.3 Å². The van der Waals surface area contributed by atoms with Gasteiger partial charge in [-0.1, -0.05) is 41.9 Å². The average Bonchev–Trinajstić information content (AvgIpc) is 3.44. The maximum absolute atomic E-state index is 12.9. The second-order valence-corrected chi connectivity index (χ2v) is 10.4. The van der Waals surface area contributed by atoms with Crippen LogP contribution in [0.3, 0.4) is 0 Å². The lowest BCUT2D eigenvalue weighted by Crippen LogP contribution is -2.52. The van der Waals surface area contributed by atoms with Crippen LogP contribution in [0.15, 0.2) is 66.7 Å². The Morgan fingerprint density at radius 2 is 1.61 bits per heavy atom. The number of piperazine rings is 1. The number of amides is 2. The number of ether oxygens (including phenoxy) is 3. The Balaban J connectivity index is 1.11. The number of nitrogens with zero attached hydrogens (tertiary/aromatic N) is 2. The molecule has 3 aromatic carbocycles. The first kappa shape index (κ1) is 29.0. The molecule has 1 atom stereocenters. The third kappa shape index (κ3) is 7.84. The van der Waals surface area contributed by atoms with Crippen LogP contribution in [0.5, 0.6) is 11.5 Å². The minimum Gasteiger partial charge on any atom is -0.454 e. The first-order valence-corrected chi connectivity index (χ1v) is 13.8. The quantitative estimate of drug-likeness (QED) is 0.336. The molecule has 0 saturated carbocycles. The van der Waals surface area contributed by atoms with Crippen LogP contribution in [0.2, 0.25) is 5.02 Å². The predicted octanol–water partition coefficient (Wildman–Crippen LogP) is 5.92. The third-order valence-corrected chi connectivity index (χ3v) is 7.44. The van der Waals surface area contributed by atoms with Crippen molar-refractivity contribution in [1.82, 2.24) is 15.1 Å². The molecule has 5 rings (SSSR count). The number of alkyl halides is 3. The zero-order valence-corrected chi connectivity index (χ0v) is 23.1. The van der Waals surface area contributed by atoms with E-state index in [2.05, 4.69) is 10.2 Å². The number of rotatable bonds is 9. The van der Waals surface area contributed by atoms with Gasteiger partial charge in [0.15, 0.2) is 11.5 Å². The fourth-order valence-electron chi connectivity index (χ4n) is 4.81. The lowest BCUT2D eigenvalue weighted by molar-refractivity contribution is -0.137. The van der Waals surface area contributed by atoms with Gasteiger partial charge in [-0.2, -0.15) is 13.2 Å². The Morgan fingerprint density at radius 3 is 2.32 bits per heavy atom. The van der Waals surface area contributed by atoms with Crippen LogP contribution in [-0.2, 0) is 23.9 Å². The van der Waals surface area contributed by atoms with Crippen LogP contribution >= 0.6 is 11.6 Å². The Bertz CT molecular complexity index is 1310. The highest BCUT2D eigenvalue weighted by atomic mass is 35.5. The molecule has 0 aliphatic carbocycles. The molecule has 1 saturated heterocycles. The Hall–Kier alpha value is -3.47. The summed E-state index contributed by atoms with van der Waals surface area (Å²) in [5, 5.41) is 3.60. The number of halogens is 4. The van der Waals surface area contributed by atoms with Gasteiger partial charge in [-0.25, -0.2) is 4.79 Å². The average molecular weight is 590 g/mol. The molecule has 11 heteroatoms. The van der Waals surface area contributed by atoms with E-state index in [1.807, 2.05) is 30.3 Å². The first-order valence-electron chi connectivity index (χ1n) is 13.4. The lowest BCUT2D eigenvalue weighted by Gasteiger charge is -2.36. The summed E-state index contributed by atoms with van der Waals surface area (Å²) < 4.78 is 55.7. The van der Waals surface area contributed by atoms with Gasteiger partial charge < -0.3 is 24.4 Å². The molecule has 0 spiro atoms. The normalized spacial score (nSPS) is 16.0. The molecule has 0 bridgehead atoms. The number of carbonyl (C=O) groups excluding carboxylic acids is 1.